The molecule has 10 heteroatoms. The monoisotopic (exact) mass is 349 g/mol. The van der Waals surface area contributed by atoms with Gasteiger partial charge in [-0.25, -0.2) is 17.9 Å². The largest absolute Gasteiger partial charge is 0.478 e. The molecule has 0 bridgehead atoms. The fraction of sp³-hybridized carbons (Fsp3) is 0.0909. The molecule has 1 aromatic heterocycles. The van der Waals surface area contributed by atoms with E-state index in [1.807, 2.05) is 0 Å². The van der Waals surface area contributed by atoms with Crippen LogP contribution in [0.1, 0.15) is 16.1 Å². The highest BCUT2D eigenvalue weighted by Gasteiger charge is 2.23. The minimum Gasteiger partial charge on any atom is -0.478 e. The van der Waals surface area contributed by atoms with E-state index in [0.29, 0.717) is 5.69 Å². The van der Waals surface area contributed by atoms with Crippen LogP contribution in [0.2, 0.25) is 10.0 Å². The first-order valence-corrected chi connectivity index (χ1v) is 7.75. The second kappa shape index (κ2) is 6.02. The van der Waals surface area contributed by atoms with Crippen LogP contribution in [-0.4, -0.2) is 29.7 Å². The van der Waals surface area contributed by atoms with Gasteiger partial charge in [-0.2, -0.15) is 5.10 Å². The number of aromatic nitrogens is 2. The van der Waals surface area contributed by atoms with Crippen LogP contribution in [0.15, 0.2) is 29.3 Å². The third kappa shape index (κ3) is 3.53. The lowest BCUT2D eigenvalue weighted by molar-refractivity contribution is 0.0697. The van der Waals surface area contributed by atoms with Crippen LogP contribution in [0.4, 0.5) is 0 Å². The molecule has 0 atom stereocenters. The van der Waals surface area contributed by atoms with Gasteiger partial charge in [0.2, 0.25) is 10.0 Å². The minimum atomic E-state index is -4.02. The third-order valence-corrected chi connectivity index (χ3v) is 4.70. The Balaban J connectivity index is 2.37. The number of rotatable bonds is 5. The smallest absolute Gasteiger partial charge is 0.337 e. The number of aromatic carboxylic acids is 1. The number of carbonyl (C=O) groups is 1. The van der Waals surface area contributed by atoms with Gasteiger partial charge in [-0.1, -0.05) is 23.2 Å². The SMILES string of the molecule is O=C(O)c1cc(Cl)cc(S(=O)(=O)NCc2ccn[nH]2)c1Cl. The van der Waals surface area contributed by atoms with E-state index in [9.17, 15) is 13.2 Å². The second-order valence-electron chi connectivity index (χ2n) is 3.98. The molecule has 0 aliphatic rings. The Hall–Kier alpha value is -1.61. The van der Waals surface area contributed by atoms with Gasteiger partial charge in [0.1, 0.15) is 4.90 Å². The highest BCUT2D eigenvalue weighted by molar-refractivity contribution is 7.89. The lowest BCUT2D eigenvalue weighted by atomic mass is 10.2. The molecule has 1 aromatic carbocycles. The molecule has 0 saturated heterocycles. The summed E-state index contributed by atoms with van der Waals surface area (Å²) in [5, 5.41) is 14.8. The van der Waals surface area contributed by atoms with Crippen molar-refractivity contribution in [2.45, 2.75) is 11.4 Å². The van der Waals surface area contributed by atoms with Gasteiger partial charge >= 0.3 is 5.97 Å². The lowest BCUT2D eigenvalue weighted by Gasteiger charge is -2.10. The van der Waals surface area contributed by atoms with Gasteiger partial charge in [0.15, 0.2) is 0 Å². The number of halogens is 2. The molecule has 3 N–H and O–H groups in total. The van der Waals surface area contributed by atoms with Crippen LogP contribution >= 0.6 is 23.2 Å². The molecule has 1 heterocycles. The molecule has 21 heavy (non-hydrogen) atoms. The maximum Gasteiger partial charge on any atom is 0.337 e. The molecule has 0 radical (unpaired) electrons. The van der Waals surface area contributed by atoms with Gasteiger partial charge in [0.05, 0.1) is 22.8 Å². The van der Waals surface area contributed by atoms with Crippen molar-refractivity contribution < 1.29 is 18.3 Å². The van der Waals surface area contributed by atoms with Gasteiger partial charge in [0.25, 0.3) is 0 Å². The molecule has 2 rings (SSSR count). The standard InChI is InChI=1S/C11H9Cl2N3O4S/c12-6-3-8(11(17)18)10(13)9(4-6)21(19,20)15-5-7-1-2-14-16-7/h1-4,15H,5H2,(H,14,16)(H,17,18). The minimum absolute atomic E-state index is 0.0429. The molecule has 0 fully saturated rings. The number of nitrogens with one attached hydrogen (secondary N) is 2. The van der Waals surface area contributed by atoms with Crippen molar-refractivity contribution in [3.63, 3.8) is 0 Å². The number of H-pyrrole nitrogens is 1. The van der Waals surface area contributed by atoms with E-state index < -0.39 is 25.9 Å². The summed E-state index contributed by atoms with van der Waals surface area (Å²) < 4.78 is 26.7. The zero-order valence-corrected chi connectivity index (χ0v) is 12.6. The maximum atomic E-state index is 12.2. The van der Waals surface area contributed by atoms with E-state index in [2.05, 4.69) is 14.9 Å². The Labute approximate surface area is 129 Å². The average molecular weight is 350 g/mol. The summed E-state index contributed by atoms with van der Waals surface area (Å²) in [6.45, 7) is -0.0480. The average Bonchev–Trinajstić information content (AvgIpc) is 2.91. The van der Waals surface area contributed by atoms with Gasteiger partial charge in [-0.15, -0.1) is 0 Å². The molecule has 0 amide bonds. The van der Waals surface area contributed by atoms with Crippen LogP contribution in [0.3, 0.4) is 0 Å². The van der Waals surface area contributed by atoms with Gasteiger partial charge in [-0.05, 0) is 18.2 Å². The number of carboxylic acid groups (broad SMARTS) is 1. The zero-order chi connectivity index (χ0) is 15.6. The normalized spacial score (nSPS) is 11.5. The quantitative estimate of drug-likeness (QED) is 0.762. The van der Waals surface area contributed by atoms with E-state index in [1.54, 1.807) is 6.07 Å². The molecular formula is C11H9Cl2N3O4S. The summed E-state index contributed by atoms with van der Waals surface area (Å²) in [5.74, 6) is -1.37. The van der Waals surface area contributed by atoms with Crippen LogP contribution in [0.5, 0.6) is 0 Å². The summed E-state index contributed by atoms with van der Waals surface area (Å²) in [7, 11) is -4.02. The molecule has 7 nitrogen and oxygen atoms in total. The van der Waals surface area contributed by atoms with Crippen LogP contribution < -0.4 is 4.72 Å². The second-order valence-corrected chi connectivity index (χ2v) is 6.53. The summed E-state index contributed by atoms with van der Waals surface area (Å²) in [6, 6.07) is 3.76. The highest BCUT2D eigenvalue weighted by atomic mass is 35.5. The number of sulfonamides is 1. The van der Waals surface area contributed by atoms with E-state index in [0.717, 1.165) is 12.1 Å². The Bertz CT molecular complexity index is 775. The highest BCUT2D eigenvalue weighted by Crippen LogP contribution is 2.29. The predicted molar refractivity (Wildman–Crippen MR) is 76.0 cm³/mol. The molecule has 0 aliphatic carbocycles. The van der Waals surface area contributed by atoms with Gasteiger partial charge in [-0.3, -0.25) is 5.10 Å². The van der Waals surface area contributed by atoms with E-state index in [4.69, 9.17) is 28.3 Å². The fourth-order valence-corrected chi connectivity index (χ4v) is 3.46. The summed E-state index contributed by atoms with van der Waals surface area (Å²) in [6.07, 6.45) is 1.47. The fourth-order valence-electron chi connectivity index (χ4n) is 1.55. The number of nitrogens with zero attached hydrogens (tertiary/aromatic N) is 1. The predicted octanol–water partition coefficient (Wildman–Crippen LogP) is 1.89. The van der Waals surface area contributed by atoms with Crippen molar-refractivity contribution >= 4 is 39.2 Å². The molecule has 0 unspecified atom stereocenters. The summed E-state index contributed by atoms with van der Waals surface area (Å²) in [5.41, 5.74) is 0.154. The first-order chi connectivity index (χ1) is 9.81. The van der Waals surface area contributed by atoms with Crippen LogP contribution in [0.25, 0.3) is 0 Å². The molecular weight excluding hydrogens is 341 g/mol. The topological polar surface area (TPSA) is 112 Å². The van der Waals surface area contributed by atoms with E-state index in [1.165, 1.54) is 6.20 Å². The van der Waals surface area contributed by atoms with Crippen molar-refractivity contribution in [3.05, 3.63) is 45.7 Å². The molecule has 0 spiro atoms. The summed E-state index contributed by atoms with van der Waals surface area (Å²) >= 11 is 11.6. The van der Waals surface area contributed by atoms with Crippen molar-refractivity contribution in [3.8, 4) is 0 Å². The van der Waals surface area contributed by atoms with Crippen LogP contribution in [0, 0.1) is 0 Å². The first-order valence-electron chi connectivity index (χ1n) is 5.51. The van der Waals surface area contributed by atoms with Crippen molar-refractivity contribution in [2.24, 2.45) is 0 Å². The number of hydrogen-bond donors (Lipinski definition) is 3. The Morgan fingerprint density at radius 2 is 2.10 bits per heavy atom. The molecule has 0 aliphatic heterocycles. The number of hydrogen-bond acceptors (Lipinski definition) is 4. The zero-order valence-electron chi connectivity index (χ0n) is 10.3. The first kappa shape index (κ1) is 15.8. The summed E-state index contributed by atoms with van der Waals surface area (Å²) in [4.78, 5) is 10.6. The van der Waals surface area contributed by atoms with Crippen molar-refractivity contribution in [2.75, 3.05) is 0 Å². The molecule has 112 valence electrons. The van der Waals surface area contributed by atoms with E-state index >= 15 is 0 Å². The third-order valence-electron chi connectivity index (χ3n) is 2.53. The number of benzene rings is 1. The van der Waals surface area contributed by atoms with Gasteiger partial charge < -0.3 is 5.11 Å². The Morgan fingerprint density at radius 1 is 1.38 bits per heavy atom. The molecule has 0 saturated carbocycles. The number of carboxylic acids is 1. The van der Waals surface area contributed by atoms with Crippen LogP contribution in [-0.2, 0) is 16.6 Å². The lowest BCUT2D eigenvalue weighted by Crippen LogP contribution is -2.24. The van der Waals surface area contributed by atoms with E-state index in [-0.39, 0.29) is 17.1 Å². The number of aromatic amines is 1. The Morgan fingerprint density at radius 3 is 2.67 bits per heavy atom. The molecule has 2 aromatic rings. The van der Waals surface area contributed by atoms with Crippen molar-refractivity contribution in [1.29, 1.82) is 0 Å². The maximum absolute atomic E-state index is 12.2. The van der Waals surface area contributed by atoms with Gasteiger partial charge in [0, 0.05) is 11.2 Å². The van der Waals surface area contributed by atoms with Crippen molar-refractivity contribution in [1.82, 2.24) is 14.9 Å². The Kier molecular flexibility index (Phi) is 4.52.